The number of para-hydroxylation sites is 1. The van der Waals surface area contributed by atoms with Gasteiger partial charge in [-0.05, 0) is 52.4 Å². The fraction of sp³-hybridized carbons (Fsp3) is 0.188. The molecule has 3 N–H and O–H groups in total. The Labute approximate surface area is 158 Å². The summed E-state index contributed by atoms with van der Waals surface area (Å²) < 4.78 is 10.5. The molecule has 0 unspecified atom stereocenters. The van der Waals surface area contributed by atoms with Crippen molar-refractivity contribution in [2.45, 2.75) is 0 Å². The maximum Gasteiger partial charge on any atom is 0.293 e. The summed E-state index contributed by atoms with van der Waals surface area (Å²) >= 11 is 8.25. The van der Waals surface area contributed by atoms with Crippen LogP contribution in [0, 0.1) is 0 Å². The van der Waals surface area contributed by atoms with Crippen molar-refractivity contribution in [3.8, 4) is 0 Å². The van der Waals surface area contributed by atoms with E-state index in [4.69, 9.17) is 21.4 Å². The lowest BCUT2D eigenvalue weighted by atomic mass is 10.1. The lowest BCUT2D eigenvalue weighted by Crippen LogP contribution is -2.35. The maximum atomic E-state index is 12.2. The van der Waals surface area contributed by atoms with Gasteiger partial charge in [-0.2, -0.15) is 0 Å². The second kappa shape index (κ2) is 9.30. The topological polar surface area (TPSA) is 92.6 Å². The minimum absolute atomic E-state index is 0.0506. The first-order valence-corrected chi connectivity index (χ1v) is 8.45. The average Bonchev–Trinajstić information content (AvgIpc) is 3.02. The zero-order valence-corrected chi connectivity index (χ0v) is 15.7. The molecular formula is C16H16BrN3O4S. The minimum atomic E-state index is -0.495. The van der Waals surface area contributed by atoms with Gasteiger partial charge in [0.2, 0.25) is 0 Å². The molecule has 0 spiro atoms. The summed E-state index contributed by atoms with van der Waals surface area (Å²) in [5, 5.41) is 8.11. The molecule has 0 bridgehead atoms. The summed E-state index contributed by atoms with van der Waals surface area (Å²) in [6.45, 7) is 0.798. The number of rotatable bonds is 6. The molecule has 0 radical (unpaired) electrons. The van der Waals surface area contributed by atoms with Crippen molar-refractivity contribution >= 4 is 50.8 Å². The second-order valence-electron chi connectivity index (χ2n) is 4.81. The third kappa shape index (κ3) is 5.66. The van der Waals surface area contributed by atoms with Gasteiger partial charge in [0.1, 0.15) is 0 Å². The monoisotopic (exact) mass is 425 g/mol. The van der Waals surface area contributed by atoms with Crippen molar-refractivity contribution in [3.05, 3.63) is 52.4 Å². The number of carbonyl (C=O) groups is 2. The molecule has 2 aromatic rings. The highest BCUT2D eigenvalue weighted by Gasteiger charge is 2.15. The van der Waals surface area contributed by atoms with Gasteiger partial charge in [-0.25, -0.2) is 0 Å². The fourth-order valence-electron chi connectivity index (χ4n) is 1.91. The van der Waals surface area contributed by atoms with E-state index in [1.807, 2.05) is 0 Å². The molecule has 0 aliphatic rings. The molecule has 1 aromatic heterocycles. The van der Waals surface area contributed by atoms with Crippen molar-refractivity contribution in [2.24, 2.45) is 0 Å². The van der Waals surface area contributed by atoms with E-state index in [0.717, 1.165) is 0 Å². The Morgan fingerprint density at radius 1 is 1.20 bits per heavy atom. The third-order valence-corrected chi connectivity index (χ3v) is 3.67. The standard InChI is InChI=1S/C16H16BrN3O4S/c1-23-9-8-18-14(21)10-4-2-3-5-11(10)19-16(25)20-15(22)12-6-7-13(17)24-12/h2-7H,8-9H2,1H3,(H,18,21)(H2,19,20,22,25). The van der Waals surface area contributed by atoms with Gasteiger partial charge < -0.3 is 19.8 Å². The van der Waals surface area contributed by atoms with E-state index in [0.29, 0.717) is 29.1 Å². The van der Waals surface area contributed by atoms with Crippen LogP contribution in [0.4, 0.5) is 5.69 Å². The molecule has 25 heavy (non-hydrogen) atoms. The molecule has 0 fully saturated rings. The smallest absolute Gasteiger partial charge is 0.293 e. The predicted octanol–water partition coefficient (Wildman–Crippen LogP) is 2.55. The van der Waals surface area contributed by atoms with E-state index in [9.17, 15) is 9.59 Å². The van der Waals surface area contributed by atoms with Crippen LogP contribution in [0.25, 0.3) is 0 Å². The van der Waals surface area contributed by atoms with E-state index >= 15 is 0 Å². The number of methoxy groups -OCH3 is 1. The molecule has 0 aliphatic carbocycles. The van der Waals surface area contributed by atoms with Gasteiger partial charge in [-0.15, -0.1) is 0 Å². The molecule has 0 atom stereocenters. The van der Waals surface area contributed by atoms with E-state index in [1.54, 1.807) is 37.4 Å². The van der Waals surface area contributed by atoms with Crippen molar-refractivity contribution in [2.75, 3.05) is 25.6 Å². The Morgan fingerprint density at radius 3 is 2.64 bits per heavy atom. The number of hydrogen-bond acceptors (Lipinski definition) is 5. The van der Waals surface area contributed by atoms with Crippen LogP contribution in [0.15, 0.2) is 45.5 Å². The summed E-state index contributed by atoms with van der Waals surface area (Å²) in [5.41, 5.74) is 0.874. The Kier molecular flexibility index (Phi) is 7.11. The van der Waals surface area contributed by atoms with Crippen LogP contribution in [-0.2, 0) is 4.74 Å². The lowest BCUT2D eigenvalue weighted by Gasteiger charge is -2.13. The number of benzene rings is 1. The maximum absolute atomic E-state index is 12.2. The zero-order chi connectivity index (χ0) is 18.2. The molecule has 0 aliphatic heterocycles. The van der Waals surface area contributed by atoms with Gasteiger partial charge in [-0.3, -0.25) is 14.9 Å². The number of ether oxygens (including phenoxy) is 1. The average molecular weight is 426 g/mol. The molecule has 7 nitrogen and oxygen atoms in total. The summed E-state index contributed by atoms with van der Waals surface area (Å²) in [4.78, 5) is 24.2. The molecule has 0 saturated carbocycles. The quantitative estimate of drug-likeness (QED) is 0.486. The van der Waals surface area contributed by atoms with E-state index in [-0.39, 0.29) is 16.8 Å². The second-order valence-corrected chi connectivity index (χ2v) is 6.00. The van der Waals surface area contributed by atoms with Gasteiger partial charge in [-0.1, -0.05) is 12.1 Å². The van der Waals surface area contributed by atoms with Crippen molar-refractivity contribution in [3.63, 3.8) is 0 Å². The van der Waals surface area contributed by atoms with E-state index in [1.165, 1.54) is 6.07 Å². The van der Waals surface area contributed by atoms with Crippen molar-refractivity contribution < 1.29 is 18.7 Å². The highest BCUT2D eigenvalue weighted by Crippen LogP contribution is 2.16. The van der Waals surface area contributed by atoms with E-state index < -0.39 is 5.91 Å². The number of furan rings is 1. The molecule has 1 heterocycles. The van der Waals surface area contributed by atoms with Crippen molar-refractivity contribution in [1.29, 1.82) is 0 Å². The third-order valence-electron chi connectivity index (χ3n) is 3.04. The molecule has 132 valence electrons. The SMILES string of the molecule is COCCNC(=O)c1ccccc1NC(=S)NC(=O)c1ccc(Br)o1. The van der Waals surface area contributed by atoms with Gasteiger partial charge in [0.15, 0.2) is 15.5 Å². The number of amides is 2. The first kappa shape index (κ1) is 19.1. The lowest BCUT2D eigenvalue weighted by molar-refractivity contribution is 0.0935. The molecule has 9 heteroatoms. The Morgan fingerprint density at radius 2 is 1.96 bits per heavy atom. The van der Waals surface area contributed by atoms with Crippen LogP contribution in [0.2, 0.25) is 0 Å². The highest BCUT2D eigenvalue weighted by molar-refractivity contribution is 9.10. The first-order chi connectivity index (χ1) is 12.0. The van der Waals surface area contributed by atoms with Crippen LogP contribution in [0.1, 0.15) is 20.9 Å². The molecular weight excluding hydrogens is 410 g/mol. The zero-order valence-electron chi connectivity index (χ0n) is 13.3. The molecule has 2 rings (SSSR count). The summed E-state index contributed by atoms with van der Waals surface area (Å²) in [7, 11) is 1.56. The number of carbonyl (C=O) groups excluding carboxylic acids is 2. The number of nitrogens with one attached hydrogen (secondary N) is 3. The fourth-order valence-corrected chi connectivity index (χ4v) is 2.42. The van der Waals surface area contributed by atoms with Crippen LogP contribution in [-0.4, -0.2) is 37.2 Å². The Balaban J connectivity index is 2.00. The van der Waals surface area contributed by atoms with Gasteiger partial charge >= 0.3 is 0 Å². The largest absolute Gasteiger partial charge is 0.444 e. The predicted molar refractivity (Wildman–Crippen MR) is 101 cm³/mol. The van der Waals surface area contributed by atoms with Gasteiger partial charge in [0.25, 0.3) is 11.8 Å². The van der Waals surface area contributed by atoms with E-state index in [2.05, 4.69) is 31.9 Å². The molecule has 0 saturated heterocycles. The van der Waals surface area contributed by atoms with Crippen LogP contribution >= 0.6 is 28.1 Å². The molecule has 2 amide bonds. The number of halogens is 1. The Hall–Kier alpha value is -2.23. The van der Waals surface area contributed by atoms with Crippen LogP contribution in [0.5, 0.6) is 0 Å². The minimum Gasteiger partial charge on any atom is -0.444 e. The highest BCUT2D eigenvalue weighted by atomic mass is 79.9. The summed E-state index contributed by atoms with van der Waals surface area (Å²) in [6.07, 6.45) is 0. The van der Waals surface area contributed by atoms with Crippen LogP contribution in [0.3, 0.4) is 0 Å². The normalized spacial score (nSPS) is 10.2. The van der Waals surface area contributed by atoms with Crippen molar-refractivity contribution in [1.82, 2.24) is 10.6 Å². The number of thiocarbonyl (C=S) groups is 1. The first-order valence-electron chi connectivity index (χ1n) is 7.25. The summed E-state index contributed by atoms with van der Waals surface area (Å²) in [5.74, 6) is -0.656. The molecule has 1 aromatic carbocycles. The Bertz CT molecular complexity index is 778. The number of anilines is 1. The van der Waals surface area contributed by atoms with Gasteiger partial charge in [0, 0.05) is 13.7 Å². The van der Waals surface area contributed by atoms with Crippen LogP contribution < -0.4 is 16.0 Å². The summed E-state index contributed by atoms with van der Waals surface area (Å²) in [6, 6.07) is 9.94. The number of hydrogen-bond donors (Lipinski definition) is 3. The van der Waals surface area contributed by atoms with Gasteiger partial charge in [0.05, 0.1) is 17.9 Å².